The van der Waals surface area contributed by atoms with Gasteiger partial charge in [0.25, 0.3) is 5.91 Å². The van der Waals surface area contributed by atoms with Crippen molar-refractivity contribution in [2.24, 2.45) is 0 Å². The Balaban J connectivity index is 1.77. The Labute approximate surface area is 153 Å². The molecule has 6 heteroatoms. The predicted molar refractivity (Wildman–Crippen MR) is 101 cm³/mol. The summed E-state index contributed by atoms with van der Waals surface area (Å²) < 4.78 is 0. The molecule has 0 radical (unpaired) electrons. The third-order valence-electron chi connectivity index (χ3n) is 4.48. The van der Waals surface area contributed by atoms with Gasteiger partial charge in [0.15, 0.2) is 0 Å². The molecule has 0 spiro atoms. The number of hydrogen-bond donors (Lipinski definition) is 1. The molecule has 26 heavy (non-hydrogen) atoms. The molecule has 0 saturated carbocycles. The third-order valence-corrected chi connectivity index (χ3v) is 4.48. The van der Waals surface area contributed by atoms with Gasteiger partial charge in [0.05, 0.1) is 5.56 Å². The van der Waals surface area contributed by atoms with Crippen molar-refractivity contribution in [1.29, 1.82) is 0 Å². The van der Waals surface area contributed by atoms with Crippen LogP contribution in [-0.4, -0.2) is 27.8 Å². The summed E-state index contributed by atoms with van der Waals surface area (Å²) in [5, 5.41) is 2.88. The van der Waals surface area contributed by atoms with Crippen LogP contribution in [0.2, 0.25) is 0 Å². The lowest BCUT2D eigenvalue weighted by Gasteiger charge is -2.20. The number of anilines is 2. The summed E-state index contributed by atoms with van der Waals surface area (Å²) in [6, 6.07) is 5.76. The minimum absolute atomic E-state index is 0.0316. The first-order valence-electron chi connectivity index (χ1n) is 8.73. The van der Waals surface area contributed by atoms with E-state index in [0.29, 0.717) is 17.1 Å². The molecule has 1 N–H and O–H groups in total. The number of carbonyl (C=O) groups is 2. The van der Waals surface area contributed by atoms with Gasteiger partial charge in [-0.1, -0.05) is 20.8 Å². The van der Waals surface area contributed by atoms with Gasteiger partial charge in [0, 0.05) is 42.1 Å². The van der Waals surface area contributed by atoms with Crippen LogP contribution in [0.3, 0.4) is 0 Å². The first-order chi connectivity index (χ1) is 12.2. The number of hydrogen-bond acceptors (Lipinski definition) is 4. The summed E-state index contributed by atoms with van der Waals surface area (Å²) >= 11 is 0. The molecule has 0 saturated heterocycles. The van der Waals surface area contributed by atoms with Crippen LogP contribution in [0.4, 0.5) is 11.4 Å². The maximum Gasteiger partial charge on any atom is 0.258 e. The number of nitrogens with zero attached hydrogens (tertiary/aromatic N) is 3. The van der Waals surface area contributed by atoms with Crippen molar-refractivity contribution in [1.82, 2.24) is 9.97 Å². The van der Waals surface area contributed by atoms with Crippen molar-refractivity contribution >= 4 is 23.2 Å². The fourth-order valence-corrected chi connectivity index (χ4v) is 3.22. The van der Waals surface area contributed by atoms with E-state index in [1.165, 1.54) is 0 Å². The van der Waals surface area contributed by atoms with Crippen LogP contribution in [-0.2, 0) is 16.6 Å². The van der Waals surface area contributed by atoms with Crippen molar-refractivity contribution < 1.29 is 9.59 Å². The number of aromatic nitrogens is 2. The van der Waals surface area contributed by atoms with Gasteiger partial charge >= 0.3 is 0 Å². The number of amides is 2. The highest BCUT2D eigenvalue weighted by molar-refractivity contribution is 6.04. The largest absolute Gasteiger partial charge is 0.322 e. The van der Waals surface area contributed by atoms with Crippen molar-refractivity contribution in [2.45, 2.75) is 52.5 Å². The third kappa shape index (κ3) is 3.45. The minimum Gasteiger partial charge on any atom is -0.322 e. The summed E-state index contributed by atoms with van der Waals surface area (Å²) in [6.07, 6.45) is 3.88. The Morgan fingerprint density at radius 1 is 1.19 bits per heavy atom. The van der Waals surface area contributed by atoms with Crippen LogP contribution >= 0.6 is 0 Å². The summed E-state index contributed by atoms with van der Waals surface area (Å²) in [5.41, 5.74) is 2.93. The van der Waals surface area contributed by atoms with Crippen LogP contribution in [0, 0.1) is 0 Å². The summed E-state index contributed by atoms with van der Waals surface area (Å²) in [6.45, 7) is 9.67. The molecule has 2 heterocycles. The molecule has 0 aliphatic carbocycles. The molecule has 2 aromatic rings. The fourth-order valence-electron chi connectivity index (χ4n) is 3.22. The van der Waals surface area contributed by atoms with Gasteiger partial charge in [-0.3, -0.25) is 9.59 Å². The molecule has 3 rings (SSSR count). The molecular weight excluding hydrogens is 328 g/mol. The monoisotopic (exact) mass is 352 g/mol. The van der Waals surface area contributed by atoms with Crippen LogP contribution < -0.4 is 10.2 Å². The van der Waals surface area contributed by atoms with Gasteiger partial charge in [-0.05, 0) is 37.1 Å². The average Bonchev–Trinajstić information content (AvgIpc) is 2.89. The van der Waals surface area contributed by atoms with E-state index in [2.05, 4.69) is 15.3 Å². The smallest absolute Gasteiger partial charge is 0.258 e. The number of fused-ring (bicyclic) bond motifs is 1. The van der Waals surface area contributed by atoms with E-state index in [4.69, 9.17) is 0 Å². The maximum atomic E-state index is 12.5. The maximum absolute atomic E-state index is 12.5. The van der Waals surface area contributed by atoms with Crippen molar-refractivity contribution in [2.75, 3.05) is 10.2 Å². The van der Waals surface area contributed by atoms with Gasteiger partial charge < -0.3 is 10.2 Å². The number of carbonyl (C=O) groups excluding carboxylic acids is 2. The highest BCUT2D eigenvalue weighted by Gasteiger charge is 2.29. The minimum atomic E-state index is -0.250. The van der Waals surface area contributed by atoms with E-state index in [1.54, 1.807) is 24.2 Å². The first-order valence-corrected chi connectivity index (χ1v) is 8.73. The van der Waals surface area contributed by atoms with Crippen LogP contribution in [0.1, 0.15) is 56.4 Å². The number of nitrogens with one attached hydrogen (secondary N) is 1. The van der Waals surface area contributed by atoms with Gasteiger partial charge in [-0.2, -0.15) is 0 Å². The lowest BCUT2D eigenvalue weighted by atomic mass is 9.96. The Bertz CT molecular complexity index is 853. The lowest BCUT2D eigenvalue weighted by Crippen LogP contribution is -2.33. The highest BCUT2D eigenvalue weighted by Crippen LogP contribution is 2.34. The predicted octanol–water partition coefficient (Wildman–Crippen LogP) is 3.32. The number of benzene rings is 1. The van der Waals surface area contributed by atoms with Crippen LogP contribution in [0.5, 0.6) is 0 Å². The standard InChI is InChI=1S/C20H24N4O2/c1-12-8-14-9-16(6-7-17(14)24(12)13(2)25)23-18(26)15-10-21-19(22-11-15)20(3,4)5/h6-7,9-12H,8H2,1-5H3,(H,23,26)/t12-/m1/s1. The average molecular weight is 352 g/mol. The zero-order valence-electron chi connectivity index (χ0n) is 15.8. The zero-order chi connectivity index (χ0) is 19.1. The van der Waals surface area contributed by atoms with Crippen LogP contribution in [0.15, 0.2) is 30.6 Å². The molecule has 1 aliphatic rings. The lowest BCUT2D eigenvalue weighted by molar-refractivity contribution is -0.116. The van der Waals surface area contributed by atoms with Gasteiger partial charge in [-0.15, -0.1) is 0 Å². The van der Waals surface area contributed by atoms with E-state index >= 15 is 0 Å². The summed E-state index contributed by atoms with van der Waals surface area (Å²) in [5.74, 6) is 0.480. The normalized spacial score (nSPS) is 16.3. The second-order valence-corrected chi connectivity index (χ2v) is 7.79. The molecule has 1 aromatic carbocycles. The Kier molecular flexibility index (Phi) is 4.52. The molecule has 1 aromatic heterocycles. The molecule has 136 valence electrons. The van der Waals surface area contributed by atoms with Gasteiger partial charge in [-0.25, -0.2) is 9.97 Å². The van der Waals surface area contributed by atoms with Crippen molar-refractivity contribution in [3.63, 3.8) is 0 Å². The van der Waals surface area contributed by atoms with Crippen LogP contribution in [0.25, 0.3) is 0 Å². The Hall–Kier alpha value is -2.76. The Morgan fingerprint density at radius 3 is 2.42 bits per heavy atom. The van der Waals surface area contributed by atoms with Gasteiger partial charge in [0.1, 0.15) is 5.82 Å². The molecular formula is C20H24N4O2. The van der Waals surface area contributed by atoms with Crippen molar-refractivity contribution in [3.8, 4) is 0 Å². The molecule has 0 fully saturated rings. The quantitative estimate of drug-likeness (QED) is 0.899. The molecule has 1 atom stereocenters. The molecule has 6 nitrogen and oxygen atoms in total. The van der Waals surface area contributed by atoms with E-state index in [9.17, 15) is 9.59 Å². The Morgan fingerprint density at radius 2 is 1.85 bits per heavy atom. The second-order valence-electron chi connectivity index (χ2n) is 7.79. The zero-order valence-corrected chi connectivity index (χ0v) is 15.8. The van der Waals surface area contributed by atoms with E-state index in [-0.39, 0.29) is 23.3 Å². The van der Waals surface area contributed by atoms with E-state index < -0.39 is 0 Å². The molecule has 2 amide bonds. The van der Waals surface area contributed by atoms with E-state index in [1.807, 2.05) is 45.9 Å². The molecule has 0 bridgehead atoms. The summed E-state index contributed by atoms with van der Waals surface area (Å²) in [7, 11) is 0. The van der Waals surface area contributed by atoms with Gasteiger partial charge in [0.2, 0.25) is 5.91 Å². The molecule has 0 unspecified atom stereocenters. The SMILES string of the molecule is CC(=O)N1c2ccc(NC(=O)c3cnc(C(C)(C)C)nc3)cc2C[C@H]1C. The second kappa shape index (κ2) is 6.52. The molecule has 1 aliphatic heterocycles. The van der Waals surface area contributed by atoms with E-state index in [0.717, 1.165) is 17.7 Å². The topological polar surface area (TPSA) is 75.2 Å². The highest BCUT2D eigenvalue weighted by atomic mass is 16.2. The summed E-state index contributed by atoms with van der Waals surface area (Å²) in [4.78, 5) is 34.6. The fraction of sp³-hybridized carbons (Fsp3) is 0.400. The first kappa shape index (κ1) is 18.0. The number of rotatable bonds is 2. The van der Waals surface area contributed by atoms with Crippen molar-refractivity contribution in [3.05, 3.63) is 47.5 Å².